The van der Waals surface area contributed by atoms with Crippen LogP contribution in [-0.4, -0.2) is 11.9 Å². The van der Waals surface area contributed by atoms with Crippen molar-refractivity contribution in [3.05, 3.63) is 118 Å². The first-order valence-electron chi connectivity index (χ1n) is 12.1. The van der Waals surface area contributed by atoms with E-state index in [1.807, 2.05) is 36.4 Å². The molecule has 0 unspecified atom stereocenters. The van der Waals surface area contributed by atoms with Crippen LogP contribution in [0.25, 0.3) is 53.2 Å². The summed E-state index contributed by atoms with van der Waals surface area (Å²) in [4.78, 5) is 27.5. The number of hydrogen-bond donors (Lipinski definition) is 0. The van der Waals surface area contributed by atoms with Gasteiger partial charge in [-0.25, -0.2) is 9.59 Å². The number of thiophene rings is 2. The number of carbonyl (C=O) groups is 2. The zero-order valence-electron chi connectivity index (χ0n) is 19.7. The molecule has 0 N–H and O–H groups in total. The summed E-state index contributed by atoms with van der Waals surface area (Å²) in [6, 6.07) is 28.9. The van der Waals surface area contributed by atoms with Crippen molar-refractivity contribution in [1.29, 1.82) is 0 Å². The van der Waals surface area contributed by atoms with Gasteiger partial charge in [0.25, 0.3) is 0 Å². The molecule has 0 saturated carbocycles. The Hall–Kier alpha value is -4.52. The Labute approximate surface area is 224 Å². The van der Waals surface area contributed by atoms with Crippen LogP contribution in [0, 0.1) is 0 Å². The summed E-state index contributed by atoms with van der Waals surface area (Å²) in [5, 5.41) is 6.84. The molecule has 4 heterocycles. The molecule has 0 spiro atoms. The summed E-state index contributed by atoms with van der Waals surface area (Å²) in [6.45, 7) is 0. The van der Waals surface area contributed by atoms with Crippen molar-refractivity contribution in [3.8, 4) is 0 Å². The van der Waals surface area contributed by atoms with Crippen LogP contribution in [0.4, 0.5) is 0 Å². The molecule has 38 heavy (non-hydrogen) atoms. The second kappa shape index (κ2) is 7.99. The molecule has 8 rings (SSSR count). The highest BCUT2D eigenvalue weighted by Gasteiger charge is 2.33. The molecule has 2 aliphatic heterocycles. The van der Waals surface area contributed by atoms with E-state index in [0.717, 1.165) is 51.5 Å². The van der Waals surface area contributed by atoms with Gasteiger partial charge < -0.3 is 9.47 Å². The summed E-state index contributed by atoms with van der Waals surface area (Å²) in [6.07, 6.45) is 3.31. The highest BCUT2D eigenvalue weighted by Crippen LogP contribution is 2.41. The normalized spacial score (nSPS) is 17.5. The number of ether oxygens (including phenoxy) is 2. The second-order valence-electron chi connectivity index (χ2n) is 9.24. The molecule has 0 aliphatic carbocycles. The van der Waals surface area contributed by atoms with Crippen molar-refractivity contribution in [2.75, 3.05) is 0 Å². The van der Waals surface area contributed by atoms with Crippen LogP contribution in [-0.2, 0) is 19.1 Å². The second-order valence-corrected chi connectivity index (χ2v) is 11.4. The van der Waals surface area contributed by atoms with Crippen molar-refractivity contribution in [3.63, 3.8) is 0 Å². The minimum Gasteiger partial charge on any atom is -0.421 e. The highest BCUT2D eigenvalue weighted by molar-refractivity contribution is 7.20. The van der Waals surface area contributed by atoms with Crippen molar-refractivity contribution in [1.82, 2.24) is 0 Å². The van der Waals surface area contributed by atoms with Crippen LogP contribution < -0.4 is 0 Å². The van der Waals surface area contributed by atoms with Gasteiger partial charge in [0.05, 0.1) is 20.9 Å². The fraction of sp³-hybridized carbons (Fsp3) is 0. The predicted octanol–water partition coefficient (Wildman–Crippen LogP) is 8.21. The number of benzene rings is 4. The molecule has 6 aromatic rings. The first-order valence-corrected chi connectivity index (χ1v) is 13.7. The van der Waals surface area contributed by atoms with E-state index in [1.54, 1.807) is 34.8 Å². The minimum absolute atomic E-state index is 0.217. The quantitative estimate of drug-likeness (QED) is 0.168. The van der Waals surface area contributed by atoms with Gasteiger partial charge in [0.2, 0.25) is 0 Å². The zero-order chi connectivity index (χ0) is 25.4. The van der Waals surface area contributed by atoms with Crippen molar-refractivity contribution in [2.45, 2.75) is 0 Å². The third-order valence-corrected chi connectivity index (χ3v) is 9.25. The maximum Gasteiger partial charge on any atom is 0.344 e. The SMILES string of the molecule is O=C1OC(c2cc3c(ccc4ccccc43)s2)=C/C1=C1/C=C(c2cc3c(ccc4ccccc43)s2)OC1=O. The molecule has 180 valence electrons. The molecule has 6 heteroatoms. The minimum atomic E-state index is -0.547. The molecule has 4 nitrogen and oxygen atoms in total. The molecular formula is C32H16O4S2. The van der Waals surface area contributed by atoms with Crippen molar-refractivity contribution < 1.29 is 19.1 Å². The van der Waals surface area contributed by atoms with Gasteiger partial charge in [0.15, 0.2) is 0 Å². The lowest BCUT2D eigenvalue weighted by Crippen LogP contribution is -2.05. The van der Waals surface area contributed by atoms with E-state index in [0.29, 0.717) is 11.5 Å². The smallest absolute Gasteiger partial charge is 0.344 e. The van der Waals surface area contributed by atoms with Gasteiger partial charge in [0.1, 0.15) is 11.5 Å². The Kier molecular flexibility index (Phi) is 4.53. The summed E-state index contributed by atoms with van der Waals surface area (Å²) in [5.41, 5.74) is 0.433. The Morgan fingerprint density at radius 3 is 1.42 bits per heavy atom. The standard InChI is InChI=1S/C32H16O4S2/c33-31-23(13-25(35-31)29-15-21-19-7-3-1-5-17(19)9-11-27(21)37-29)24-14-26(36-32(24)34)30-16-22-20-8-4-2-6-18(20)10-12-28(22)38-30/h1-16H/b24-23+. The molecule has 2 aromatic heterocycles. The lowest BCUT2D eigenvalue weighted by molar-refractivity contribution is -0.133. The van der Waals surface area contributed by atoms with E-state index in [2.05, 4.69) is 48.5 Å². The molecule has 2 aliphatic rings. The fourth-order valence-corrected chi connectivity index (χ4v) is 7.25. The average molecular weight is 529 g/mol. The van der Waals surface area contributed by atoms with Crippen LogP contribution >= 0.6 is 22.7 Å². The van der Waals surface area contributed by atoms with Gasteiger partial charge in [-0.3, -0.25) is 0 Å². The number of rotatable bonds is 2. The monoisotopic (exact) mass is 528 g/mol. The van der Waals surface area contributed by atoms with Crippen LogP contribution in [0.15, 0.2) is 108 Å². The third kappa shape index (κ3) is 3.21. The zero-order valence-corrected chi connectivity index (χ0v) is 21.3. The van der Waals surface area contributed by atoms with E-state index in [4.69, 9.17) is 9.47 Å². The van der Waals surface area contributed by atoms with Crippen molar-refractivity contribution in [2.24, 2.45) is 0 Å². The van der Waals surface area contributed by atoms with Crippen LogP contribution in [0.5, 0.6) is 0 Å². The van der Waals surface area contributed by atoms with Crippen molar-refractivity contribution >= 4 is 87.8 Å². The number of hydrogen-bond acceptors (Lipinski definition) is 6. The van der Waals surface area contributed by atoms with Gasteiger partial charge in [-0.2, -0.15) is 0 Å². The Morgan fingerprint density at radius 2 is 0.947 bits per heavy atom. The summed E-state index contributed by atoms with van der Waals surface area (Å²) < 4.78 is 13.5. The summed E-state index contributed by atoms with van der Waals surface area (Å²) >= 11 is 3.12. The molecule has 4 aromatic carbocycles. The topological polar surface area (TPSA) is 52.6 Å². The molecule has 0 atom stereocenters. The number of fused-ring (bicyclic) bond motifs is 6. The lowest BCUT2D eigenvalue weighted by atomic mass is 10.1. The van der Waals surface area contributed by atoms with Gasteiger partial charge in [0, 0.05) is 20.2 Å². The summed E-state index contributed by atoms with van der Waals surface area (Å²) in [7, 11) is 0. The average Bonchev–Trinajstić information content (AvgIpc) is 3.72. The first kappa shape index (κ1) is 21.6. The van der Waals surface area contributed by atoms with E-state index in [9.17, 15) is 9.59 Å². The largest absolute Gasteiger partial charge is 0.421 e. The number of cyclic esters (lactones) is 2. The molecular weight excluding hydrogens is 512 g/mol. The van der Waals surface area contributed by atoms with Gasteiger partial charge >= 0.3 is 11.9 Å². The Bertz CT molecular complexity index is 1970. The summed E-state index contributed by atoms with van der Waals surface area (Å²) in [5.74, 6) is -0.195. The maximum atomic E-state index is 12.9. The number of carbonyl (C=O) groups excluding carboxylic acids is 2. The molecule has 0 fully saturated rings. The predicted molar refractivity (Wildman–Crippen MR) is 154 cm³/mol. The Morgan fingerprint density at radius 1 is 0.500 bits per heavy atom. The van der Waals surface area contributed by atoms with Crippen LogP contribution in [0.2, 0.25) is 0 Å². The van der Waals surface area contributed by atoms with Gasteiger partial charge in [-0.05, 0) is 58.0 Å². The molecule has 0 saturated heterocycles. The first-order chi connectivity index (χ1) is 18.6. The number of esters is 2. The molecule has 0 radical (unpaired) electrons. The molecule has 0 amide bonds. The Balaban J connectivity index is 1.21. The van der Waals surface area contributed by atoms with Gasteiger partial charge in [-0.1, -0.05) is 60.7 Å². The van der Waals surface area contributed by atoms with E-state index in [1.165, 1.54) is 0 Å². The third-order valence-electron chi connectivity index (χ3n) is 7.02. The molecule has 0 bridgehead atoms. The van der Waals surface area contributed by atoms with E-state index >= 15 is 0 Å². The van der Waals surface area contributed by atoms with E-state index < -0.39 is 11.9 Å². The van der Waals surface area contributed by atoms with E-state index in [-0.39, 0.29) is 11.1 Å². The van der Waals surface area contributed by atoms with Crippen LogP contribution in [0.3, 0.4) is 0 Å². The van der Waals surface area contributed by atoms with Gasteiger partial charge in [-0.15, -0.1) is 22.7 Å². The van der Waals surface area contributed by atoms with Crippen LogP contribution in [0.1, 0.15) is 9.75 Å². The fourth-order valence-electron chi connectivity index (χ4n) is 5.19. The lowest BCUT2D eigenvalue weighted by Gasteiger charge is -1.98. The maximum absolute atomic E-state index is 12.9. The highest BCUT2D eigenvalue weighted by atomic mass is 32.1.